The molecule has 5 rings (SSSR count). The molecule has 0 aliphatic carbocycles. The number of rotatable bonds is 10. The zero-order valence-electron chi connectivity index (χ0n) is 25.4. The summed E-state index contributed by atoms with van der Waals surface area (Å²) >= 11 is 0. The van der Waals surface area contributed by atoms with Crippen molar-refractivity contribution in [2.24, 2.45) is 5.41 Å². The molecule has 44 heavy (non-hydrogen) atoms. The minimum atomic E-state index is -1.19. The molecule has 0 atom stereocenters. The Labute approximate surface area is 255 Å². The molecule has 1 aromatic heterocycles. The first-order valence-corrected chi connectivity index (χ1v) is 15.1. The van der Waals surface area contributed by atoms with E-state index in [2.05, 4.69) is 10.6 Å². The molecule has 9 nitrogen and oxygen atoms in total. The van der Waals surface area contributed by atoms with E-state index in [1.165, 1.54) is 18.2 Å². The largest absolute Gasteiger partial charge is 0.462 e. The van der Waals surface area contributed by atoms with E-state index in [1.54, 1.807) is 38.1 Å². The summed E-state index contributed by atoms with van der Waals surface area (Å²) < 4.78 is 11.5. The van der Waals surface area contributed by atoms with Crippen molar-refractivity contribution in [3.05, 3.63) is 81.0 Å². The Morgan fingerprint density at radius 3 is 2.27 bits per heavy atom. The van der Waals surface area contributed by atoms with Crippen LogP contribution in [0.4, 0.5) is 11.4 Å². The van der Waals surface area contributed by atoms with Gasteiger partial charge in [-0.3, -0.25) is 19.2 Å². The second-order valence-electron chi connectivity index (χ2n) is 11.3. The highest BCUT2D eigenvalue weighted by Gasteiger charge is 2.49. The number of Topliss-reactive ketones (excluding diaryl/α,β-unsaturated/α-hetero) is 1. The summed E-state index contributed by atoms with van der Waals surface area (Å²) in [7, 11) is 0. The second-order valence-corrected chi connectivity index (χ2v) is 11.3. The summed E-state index contributed by atoms with van der Waals surface area (Å²) in [5, 5.41) is 5.87. The van der Waals surface area contributed by atoms with E-state index in [0.717, 1.165) is 31.2 Å². The lowest BCUT2D eigenvalue weighted by Gasteiger charge is -2.35. The van der Waals surface area contributed by atoms with Gasteiger partial charge in [-0.05, 0) is 62.6 Å². The van der Waals surface area contributed by atoms with E-state index in [4.69, 9.17) is 9.15 Å². The summed E-state index contributed by atoms with van der Waals surface area (Å²) in [5.41, 5.74) is 0.0173. The monoisotopic (exact) mass is 596 g/mol. The van der Waals surface area contributed by atoms with Crippen molar-refractivity contribution < 1.29 is 28.3 Å². The molecule has 0 saturated heterocycles. The number of carbonyl (C=O) groups is 4. The standard InChI is InChI=1S/C35H36N2O7/c1-5-8-16-35(17-9-6-2)31(39)23-14-15-24-28(38)25-18-21(33(41)43-7-3)19-26(29(25)44-30(24)27(23)37-34(35)42)36-32(40)22-13-11-10-12-20(22)4/h10-15,18-19H,5-9,16-17H2,1-4H3,(H,36,40)(H,37,42). The number of hydrogen-bond acceptors (Lipinski definition) is 7. The molecular formula is C35H36N2O7. The summed E-state index contributed by atoms with van der Waals surface area (Å²) in [4.78, 5) is 67.8. The number of fused-ring (bicyclic) bond motifs is 4. The molecule has 1 aliphatic heterocycles. The first-order chi connectivity index (χ1) is 21.2. The van der Waals surface area contributed by atoms with Gasteiger partial charge in [-0.2, -0.15) is 0 Å². The molecule has 0 spiro atoms. The third-order valence-electron chi connectivity index (χ3n) is 8.36. The molecule has 2 N–H and O–H groups in total. The van der Waals surface area contributed by atoms with Crippen LogP contribution < -0.4 is 16.1 Å². The molecule has 0 bridgehead atoms. The molecule has 0 fully saturated rings. The number of aryl methyl sites for hydroxylation is 1. The van der Waals surface area contributed by atoms with Gasteiger partial charge in [0.2, 0.25) is 11.3 Å². The SMILES string of the molecule is CCCCC1(CCCC)C(=O)Nc2c(ccc3c(=O)c4cc(C(=O)OCC)cc(NC(=O)c5ccccc5C)c4oc23)C1=O. The molecular weight excluding hydrogens is 560 g/mol. The quantitative estimate of drug-likeness (QED) is 0.113. The summed E-state index contributed by atoms with van der Waals surface area (Å²) in [6, 6.07) is 12.8. The van der Waals surface area contributed by atoms with Crippen molar-refractivity contribution >= 4 is 56.9 Å². The Morgan fingerprint density at radius 2 is 1.61 bits per heavy atom. The number of benzene rings is 3. The summed E-state index contributed by atoms with van der Waals surface area (Å²) in [6.07, 6.45) is 3.98. The lowest BCUT2D eigenvalue weighted by atomic mass is 9.69. The van der Waals surface area contributed by atoms with E-state index < -0.39 is 28.6 Å². The van der Waals surface area contributed by atoms with E-state index >= 15 is 0 Å². The molecule has 9 heteroatoms. The number of esters is 1. The molecule has 0 saturated carbocycles. The predicted molar refractivity (Wildman–Crippen MR) is 170 cm³/mol. The van der Waals surface area contributed by atoms with Gasteiger partial charge >= 0.3 is 5.97 Å². The molecule has 1 aliphatic rings. The fraction of sp³-hybridized carbons (Fsp3) is 0.343. The van der Waals surface area contributed by atoms with E-state index in [1.807, 2.05) is 19.9 Å². The molecule has 0 radical (unpaired) electrons. The van der Waals surface area contributed by atoms with Crippen molar-refractivity contribution in [1.29, 1.82) is 0 Å². The lowest BCUT2D eigenvalue weighted by molar-refractivity contribution is -0.124. The van der Waals surface area contributed by atoms with E-state index in [9.17, 15) is 24.0 Å². The van der Waals surface area contributed by atoms with Crippen molar-refractivity contribution in [3.63, 3.8) is 0 Å². The summed E-state index contributed by atoms with van der Waals surface area (Å²) in [5.74, 6) is -1.83. The van der Waals surface area contributed by atoms with E-state index in [-0.39, 0.29) is 56.8 Å². The first kappa shape index (κ1) is 30.7. The van der Waals surface area contributed by atoms with Crippen molar-refractivity contribution in [1.82, 2.24) is 0 Å². The third-order valence-corrected chi connectivity index (χ3v) is 8.36. The number of amides is 2. The number of ketones is 1. The Balaban J connectivity index is 1.73. The van der Waals surface area contributed by atoms with Crippen molar-refractivity contribution in [3.8, 4) is 0 Å². The minimum absolute atomic E-state index is 0.00128. The molecule has 2 heterocycles. The van der Waals surface area contributed by atoms with Crippen molar-refractivity contribution in [2.75, 3.05) is 17.2 Å². The Kier molecular flexibility index (Phi) is 8.67. The average Bonchev–Trinajstić information content (AvgIpc) is 3.01. The van der Waals surface area contributed by atoms with Gasteiger partial charge in [0.25, 0.3) is 5.91 Å². The van der Waals surface area contributed by atoms with Gasteiger partial charge in [-0.1, -0.05) is 57.7 Å². The number of carbonyl (C=O) groups excluding carboxylic acids is 4. The maximum atomic E-state index is 14.0. The molecule has 3 aromatic carbocycles. The molecule has 228 valence electrons. The van der Waals surface area contributed by atoms with Gasteiger partial charge in [0, 0.05) is 11.1 Å². The molecule has 2 amide bonds. The Morgan fingerprint density at radius 1 is 0.909 bits per heavy atom. The van der Waals surface area contributed by atoms with Gasteiger partial charge in [0.05, 0.1) is 34.3 Å². The summed E-state index contributed by atoms with van der Waals surface area (Å²) in [6.45, 7) is 7.61. The topological polar surface area (TPSA) is 132 Å². The Bertz CT molecular complexity index is 1860. The van der Waals surface area contributed by atoms with Crippen LogP contribution >= 0.6 is 0 Å². The lowest BCUT2D eigenvalue weighted by Crippen LogP contribution is -2.47. The predicted octanol–water partition coefficient (Wildman–Crippen LogP) is 7.19. The van der Waals surface area contributed by atoms with Crippen LogP contribution in [-0.4, -0.2) is 30.2 Å². The molecule has 4 aromatic rings. The van der Waals surface area contributed by atoms with Crippen LogP contribution in [0.3, 0.4) is 0 Å². The number of anilines is 2. The number of hydrogen-bond donors (Lipinski definition) is 2. The second kappa shape index (κ2) is 12.4. The highest BCUT2D eigenvalue weighted by Crippen LogP contribution is 2.44. The number of nitrogens with one attached hydrogen (secondary N) is 2. The van der Waals surface area contributed by atoms with E-state index in [0.29, 0.717) is 18.4 Å². The van der Waals surface area contributed by atoms with Crippen LogP contribution in [0.5, 0.6) is 0 Å². The Hall–Kier alpha value is -4.79. The minimum Gasteiger partial charge on any atom is -0.462 e. The van der Waals surface area contributed by atoms with Gasteiger partial charge in [0.15, 0.2) is 16.9 Å². The number of ether oxygens (including phenoxy) is 1. The van der Waals surface area contributed by atoms with Crippen LogP contribution in [0.1, 0.15) is 95.9 Å². The smallest absolute Gasteiger partial charge is 0.338 e. The van der Waals surface area contributed by atoms with Crippen LogP contribution in [0, 0.1) is 12.3 Å². The molecule has 0 unspecified atom stereocenters. The zero-order chi connectivity index (χ0) is 31.6. The maximum absolute atomic E-state index is 14.0. The highest BCUT2D eigenvalue weighted by molar-refractivity contribution is 6.27. The maximum Gasteiger partial charge on any atom is 0.338 e. The van der Waals surface area contributed by atoms with Gasteiger partial charge in [-0.25, -0.2) is 4.79 Å². The van der Waals surface area contributed by atoms with Gasteiger partial charge < -0.3 is 19.8 Å². The third kappa shape index (κ3) is 5.27. The van der Waals surface area contributed by atoms with Crippen LogP contribution in [-0.2, 0) is 9.53 Å². The van der Waals surface area contributed by atoms with Crippen LogP contribution in [0.25, 0.3) is 21.9 Å². The number of unbranched alkanes of at least 4 members (excludes halogenated alkanes) is 2. The fourth-order valence-electron chi connectivity index (χ4n) is 5.91. The van der Waals surface area contributed by atoms with Gasteiger partial charge in [-0.15, -0.1) is 0 Å². The highest BCUT2D eigenvalue weighted by atomic mass is 16.5. The van der Waals surface area contributed by atoms with Crippen LogP contribution in [0.15, 0.2) is 57.7 Å². The fourth-order valence-corrected chi connectivity index (χ4v) is 5.91. The normalized spacial score (nSPS) is 13.9. The van der Waals surface area contributed by atoms with Crippen molar-refractivity contribution in [2.45, 2.75) is 66.2 Å². The zero-order valence-corrected chi connectivity index (χ0v) is 25.4. The van der Waals surface area contributed by atoms with Crippen LogP contribution in [0.2, 0.25) is 0 Å². The average molecular weight is 597 g/mol. The van der Waals surface area contributed by atoms with Gasteiger partial charge in [0.1, 0.15) is 5.41 Å². The first-order valence-electron chi connectivity index (χ1n) is 15.1.